The van der Waals surface area contributed by atoms with Crippen molar-refractivity contribution >= 4 is 34.2 Å². The van der Waals surface area contributed by atoms with Crippen molar-refractivity contribution < 1.29 is 4.79 Å². The number of amides is 1. The second-order valence-corrected chi connectivity index (χ2v) is 5.30. The summed E-state index contributed by atoms with van der Waals surface area (Å²) in [7, 11) is 1.77. The SMILES string of the molecule is CN(C(=O)Cc1ccc(Cl)cc1)c1ccc2nc[nH]c2c1. The molecule has 0 unspecified atom stereocenters. The second-order valence-electron chi connectivity index (χ2n) is 4.86. The number of carbonyl (C=O) groups excluding carboxylic acids is 1. The number of hydrogen-bond acceptors (Lipinski definition) is 2. The molecule has 3 aromatic rings. The topological polar surface area (TPSA) is 49.0 Å². The van der Waals surface area contributed by atoms with Gasteiger partial charge >= 0.3 is 0 Å². The lowest BCUT2D eigenvalue weighted by Gasteiger charge is -2.17. The average Bonchev–Trinajstić information content (AvgIpc) is 2.96. The molecule has 21 heavy (non-hydrogen) atoms. The summed E-state index contributed by atoms with van der Waals surface area (Å²) in [6.45, 7) is 0. The highest BCUT2D eigenvalue weighted by Gasteiger charge is 2.12. The van der Waals surface area contributed by atoms with Crippen LogP contribution in [0.2, 0.25) is 5.02 Å². The summed E-state index contributed by atoms with van der Waals surface area (Å²) in [5, 5.41) is 0.671. The molecule has 2 aromatic carbocycles. The van der Waals surface area contributed by atoms with Crippen molar-refractivity contribution in [2.75, 3.05) is 11.9 Å². The van der Waals surface area contributed by atoms with Crippen LogP contribution in [0, 0.1) is 0 Å². The molecule has 3 rings (SSSR count). The third-order valence-corrected chi connectivity index (χ3v) is 3.69. The molecular formula is C16H14ClN3O. The van der Waals surface area contributed by atoms with Crippen LogP contribution in [0.5, 0.6) is 0 Å². The summed E-state index contributed by atoms with van der Waals surface area (Å²) >= 11 is 5.85. The molecule has 1 heterocycles. The van der Waals surface area contributed by atoms with E-state index in [1.165, 1.54) is 0 Å². The Kier molecular flexibility index (Phi) is 3.62. The number of nitrogens with zero attached hydrogens (tertiary/aromatic N) is 2. The number of hydrogen-bond donors (Lipinski definition) is 1. The van der Waals surface area contributed by atoms with E-state index in [0.717, 1.165) is 22.3 Å². The molecule has 5 heteroatoms. The van der Waals surface area contributed by atoms with Gasteiger partial charge in [-0.05, 0) is 35.9 Å². The molecule has 106 valence electrons. The first-order valence-corrected chi connectivity index (χ1v) is 6.95. The van der Waals surface area contributed by atoms with Crippen molar-refractivity contribution in [3.05, 3.63) is 59.4 Å². The number of halogens is 1. The smallest absolute Gasteiger partial charge is 0.231 e. The zero-order chi connectivity index (χ0) is 14.8. The Hall–Kier alpha value is -2.33. The highest BCUT2D eigenvalue weighted by molar-refractivity contribution is 6.30. The number of imidazole rings is 1. The Bertz CT molecular complexity index is 780. The van der Waals surface area contributed by atoms with Gasteiger partial charge in [0, 0.05) is 17.8 Å². The predicted octanol–water partition coefficient (Wildman–Crippen LogP) is 3.42. The minimum absolute atomic E-state index is 0.0242. The predicted molar refractivity (Wildman–Crippen MR) is 84.7 cm³/mol. The maximum Gasteiger partial charge on any atom is 0.231 e. The van der Waals surface area contributed by atoms with Crippen LogP contribution in [0.4, 0.5) is 5.69 Å². The monoisotopic (exact) mass is 299 g/mol. The molecule has 1 amide bonds. The van der Waals surface area contributed by atoms with Crippen LogP contribution >= 0.6 is 11.6 Å². The Morgan fingerprint density at radius 1 is 1.24 bits per heavy atom. The van der Waals surface area contributed by atoms with Crippen LogP contribution in [0.25, 0.3) is 11.0 Å². The maximum absolute atomic E-state index is 12.3. The Labute approximate surface area is 127 Å². The van der Waals surface area contributed by atoms with Gasteiger partial charge in [0.15, 0.2) is 0 Å². The van der Waals surface area contributed by atoms with Crippen molar-refractivity contribution in [3.63, 3.8) is 0 Å². The molecule has 0 aliphatic carbocycles. The lowest BCUT2D eigenvalue weighted by Crippen LogP contribution is -2.27. The largest absolute Gasteiger partial charge is 0.345 e. The zero-order valence-electron chi connectivity index (χ0n) is 11.5. The minimum Gasteiger partial charge on any atom is -0.345 e. The molecule has 0 aliphatic rings. The van der Waals surface area contributed by atoms with E-state index >= 15 is 0 Å². The highest BCUT2D eigenvalue weighted by atomic mass is 35.5. The van der Waals surface area contributed by atoms with Gasteiger partial charge in [-0.3, -0.25) is 4.79 Å². The molecule has 4 nitrogen and oxygen atoms in total. The third kappa shape index (κ3) is 2.90. The number of benzene rings is 2. The number of aromatic nitrogens is 2. The molecule has 0 atom stereocenters. The van der Waals surface area contributed by atoms with Crippen LogP contribution in [0.1, 0.15) is 5.56 Å². The summed E-state index contributed by atoms with van der Waals surface area (Å²) in [5.74, 6) is 0.0242. The Morgan fingerprint density at radius 2 is 2.00 bits per heavy atom. The summed E-state index contributed by atoms with van der Waals surface area (Å²) in [5.41, 5.74) is 3.58. The minimum atomic E-state index is 0.0242. The van der Waals surface area contributed by atoms with Crippen LogP contribution in [0.3, 0.4) is 0 Å². The van der Waals surface area contributed by atoms with Gasteiger partial charge in [0.05, 0.1) is 23.8 Å². The number of anilines is 1. The van der Waals surface area contributed by atoms with Crippen molar-refractivity contribution in [1.29, 1.82) is 0 Å². The van der Waals surface area contributed by atoms with Gasteiger partial charge in [-0.2, -0.15) is 0 Å². The summed E-state index contributed by atoms with van der Waals surface area (Å²) < 4.78 is 0. The molecule has 1 N–H and O–H groups in total. The van der Waals surface area contributed by atoms with Gasteiger partial charge in [-0.1, -0.05) is 23.7 Å². The molecule has 0 radical (unpaired) electrons. The van der Waals surface area contributed by atoms with E-state index in [1.54, 1.807) is 30.4 Å². The van der Waals surface area contributed by atoms with E-state index < -0.39 is 0 Å². The number of carbonyl (C=O) groups is 1. The van der Waals surface area contributed by atoms with Gasteiger partial charge in [0.1, 0.15) is 0 Å². The fourth-order valence-electron chi connectivity index (χ4n) is 2.17. The molecule has 0 saturated carbocycles. The molecule has 0 bridgehead atoms. The average molecular weight is 300 g/mol. The molecular weight excluding hydrogens is 286 g/mol. The first kappa shape index (κ1) is 13.6. The fraction of sp³-hybridized carbons (Fsp3) is 0.125. The van der Waals surface area contributed by atoms with Gasteiger partial charge in [-0.15, -0.1) is 0 Å². The zero-order valence-corrected chi connectivity index (χ0v) is 12.3. The van der Waals surface area contributed by atoms with Crippen LogP contribution in [-0.2, 0) is 11.2 Å². The number of rotatable bonds is 3. The molecule has 0 aliphatic heterocycles. The van der Waals surface area contributed by atoms with Gasteiger partial charge in [0.2, 0.25) is 5.91 Å². The van der Waals surface area contributed by atoms with E-state index in [2.05, 4.69) is 9.97 Å². The maximum atomic E-state index is 12.3. The number of H-pyrrole nitrogens is 1. The Balaban J connectivity index is 1.78. The molecule has 0 saturated heterocycles. The van der Waals surface area contributed by atoms with E-state index in [4.69, 9.17) is 11.6 Å². The highest BCUT2D eigenvalue weighted by Crippen LogP contribution is 2.20. The lowest BCUT2D eigenvalue weighted by molar-refractivity contribution is -0.117. The van der Waals surface area contributed by atoms with E-state index in [9.17, 15) is 4.79 Å². The van der Waals surface area contributed by atoms with E-state index in [1.807, 2.05) is 30.3 Å². The number of aromatic amines is 1. The number of likely N-dealkylation sites (N-methyl/N-ethyl adjacent to an activating group) is 1. The Morgan fingerprint density at radius 3 is 2.76 bits per heavy atom. The second kappa shape index (κ2) is 5.58. The van der Waals surface area contributed by atoms with Crippen molar-refractivity contribution in [3.8, 4) is 0 Å². The standard InChI is InChI=1S/C16H14ClN3O/c1-20(13-6-7-14-15(9-13)19-10-18-14)16(21)8-11-2-4-12(17)5-3-11/h2-7,9-10H,8H2,1H3,(H,18,19). The first-order chi connectivity index (χ1) is 10.1. The lowest BCUT2D eigenvalue weighted by atomic mass is 10.1. The first-order valence-electron chi connectivity index (χ1n) is 6.57. The van der Waals surface area contributed by atoms with Gasteiger partial charge < -0.3 is 9.88 Å². The van der Waals surface area contributed by atoms with Crippen molar-refractivity contribution in [2.24, 2.45) is 0 Å². The summed E-state index contributed by atoms with van der Waals surface area (Å²) in [6, 6.07) is 13.0. The quantitative estimate of drug-likeness (QED) is 0.805. The van der Waals surface area contributed by atoms with Crippen LogP contribution in [-0.4, -0.2) is 22.9 Å². The van der Waals surface area contributed by atoms with Gasteiger partial charge in [-0.25, -0.2) is 4.98 Å². The normalized spacial score (nSPS) is 10.8. The summed E-state index contributed by atoms with van der Waals surface area (Å²) in [6.07, 6.45) is 1.98. The van der Waals surface area contributed by atoms with E-state index in [-0.39, 0.29) is 5.91 Å². The number of fused-ring (bicyclic) bond motifs is 1. The molecule has 0 spiro atoms. The van der Waals surface area contributed by atoms with E-state index in [0.29, 0.717) is 11.4 Å². The molecule has 1 aromatic heterocycles. The van der Waals surface area contributed by atoms with Crippen molar-refractivity contribution in [2.45, 2.75) is 6.42 Å². The number of nitrogens with one attached hydrogen (secondary N) is 1. The van der Waals surface area contributed by atoms with Crippen LogP contribution in [0.15, 0.2) is 48.8 Å². The van der Waals surface area contributed by atoms with Gasteiger partial charge in [0.25, 0.3) is 0 Å². The molecule has 0 fully saturated rings. The van der Waals surface area contributed by atoms with Crippen LogP contribution < -0.4 is 4.90 Å². The fourth-order valence-corrected chi connectivity index (χ4v) is 2.30. The summed E-state index contributed by atoms with van der Waals surface area (Å²) in [4.78, 5) is 21.2. The van der Waals surface area contributed by atoms with Crippen molar-refractivity contribution in [1.82, 2.24) is 9.97 Å². The third-order valence-electron chi connectivity index (χ3n) is 3.43.